The van der Waals surface area contributed by atoms with Crippen molar-refractivity contribution in [3.63, 3.8) is 0 Å². The molecule has 1 N–H and O–H groups in total. The molecule has 0 aliphatic carbocycles. The Hall–Kier alpha value is -3.43. The summed E-state index contributed by atoms with van der Waals surface area (Å²) in [6.07, 6.45) is 0. The lowest BCUT2D eigenvalue weighted by Gasteiger charge is -2.32. The van der Waals surface area contributed by atoms with Gasteiger partial charge in [0.15, 0.2) is 0 Å². The van der Waals surface area contributed by atoms with Crippen LogP contribution in [0.3, 0.4) is 0 Å². The van der Waals surface area contributed by atoms with Gasteiger partial charge < -0.3 is 10.2 Å². The fourth-order valence-electron chi connectivity index (χ4n) is 3.93. The zero-order valence-electron chi connectivity index (χ0n) is 21.7. The Morgan fingerprint density at radius 2 is 1.61 bits per heavy atom. The molecule has 0 aromatic heterocycles. The van der Waals surface area contributed by atoms with Crippen LogP contribution in [0.15, 0.2) is 77.7 Å². The van der Waals surface area contributed by atoms with Crippen molar-refractivity contribution in [2.75, 3.05) is 10.8 Å². The van der Waals surface area contributed by atoms with Gasteiger partial charge in [0.1, 0.15) is 18.4 Å². The summed E-state index contributed by atoms with van der Waals surface area (Å²) in [5, 5.41) is 3.17. The highest BCUT2D eigenvalue weighted by molar-refractivity contribution is 7.92. The Balaban J connectivity index is 2.07. The Morgan fingerprint density at radius 3 is 2.21 bits per heavy atom. The molecule has 38 heavy (non-hydrogen) atoms. The van der Waals surface area contributed by atoms with E-state index in [1.165, 1.54) is 54.3 Å². The number of carbonyl (C=O) groups is 2. The minimum absolute atomic E-state index is 0.00611. The number of nitrogens with zero attached hydrogens (tertiary/aromatic N) is 2. The van der Waals surface area contributed by atoms with Crippen molar-refractivity contribution in [1.29, 1.82) is 0 Å². The first-order chi connectivity index (χ1) is 17.9. The second-order valence-corrected chi connectivity index (χ2v) is 11.5. The van der Waals surface area contributed by atoms with E-state index in [0.717, 1.165) is 4.31 Å². The molecule has 7 nitrogen and oxygen atoms in total. The number of carbonyl (C=O) groups excluding carboxylic acids is 2. The highest BCUT2D eigenvalue weighted by Crippen LogP contribution is 2.29. The van der Waals surface area contributed by atoms with Gasteiger partial charge in [-0.3, -0.25) is 13.9 Å². The normalized spacial score (nSPS) is 12.2. The van der Waals surface area contributed by atoms with Gasteiger partial charge in [-0.1, -0.05) is 48.0 Å². The minimum atomic E-state index is -4.20. The van der Waals surface area contributed by atoms with Crippen molar-refractivity contribution >= 4 is 39.1 Å². The largest absolute Gasteiger partial charge is 0.352 e. The third kappa shape index (κ3) is 6.90. The van der Waals surface area contributed by atoms with Crippen molar-refractivity contribution in [3.05, 3.63) is 94.8 Å². The van der Waals surface area contributed by atoms with Crippen LogP contribution >= 0.6 is 11.6 Å². The number of sulfonamides is 1. The number of amides is 2. The summed E-state index contributed by atoms with van der Waals surface area (Å²) in [5.74, 6) is -1.65. The average molecular weight is 560 g/mol. The van der Waals surface area contributed by atoms with Gasteiger partial charge in [-0.05, 0) is 69.7 Å². The van der Waals surface area contributed by atoms with Gasteiger partial charge in [0.2, 0.25) is 11.8 Å². The third-order valence-electron chi connectivity index (χ3n) is 5.93. The molecule has 3 aromatic carbocycles. The summed E-state index contributed by atoms with van der Waals surface area (Å²) in [6, 6.07) is 17.2. The van der Waals surface area contributed by atoms with Crippen LogP contribution in [-0.2, 0) is 26.2 Å². The zero-order chi connectivity index (χ0) is 28.0. The number of benzene rings is 3. The standard InChI is InChI=1S/C28H31ClFN3O4S/c1-19(2)31-28(35)21(4)32(17-22-10-8-9-13-25(22)30)27(34)18-33(26-15-14-23(29)16-20(26)3)38(36,37)24-11-6-5-7-12-24/h5-16,19,21H,17-18H2,1-4H3,(H,31,35)/t21-/m0/s1. The predicted octanol–water partition coefficient (Wildman–Crippen LogP) is 4.92. The van der Waals surface area contributed by atoms with E-state index in [2.05, 4.69) is 5.32 Å². The van der Waals surface area contributed by atoms with Gasteiger partial charge in [-0.25, -0.2) is 12.8 Å². The molecule has 0 bridgehead atoms. The molecule has 0 saturated heterocycles. The van der Waals surface area contributed by atoms with Crippen LogP contribution in [0.2, 0.25) is 5.02 Å². The number of nitrogens with one attached hydrogen (secondary N) is 1. The summed E-state index contributed by atoms with van der Waals surface area (Å²) < 4.78 is 43.1. The SMILES string of the molecule is Cc1cc(Cl)ccc1N(CC(=O)N(Cc1ccccc1F)[C@@H](C)C(=O)NC(C)C)S(=O)(=O)c1ccccc1. The number of halogens is 2. The van der Waals surface area contributed by atoms with Crippen LogP contribution in [0.1, 0.15) is 31.9 Å². The predicted molar refractivity (Wildman–Crippen MR) is 147 cm³/mol. The van der Waals surface area contributed by atoms with E-state index >= 15 is 0 Å². The second-order valence-electron chi connectivity index (χ2n) is 9.21. The van der Waals surface area contributed by atoms with Gasteiger partial charge in [0.05, 0.1) is 10.6 Å². The summed E-state index contributed by atoms with van der Waals surface area (Å²) in [6.45, 7) is 5.94. The zero-order valence-corrected chi connectivity index (χ0v) is 23.3. The molecule has 2 amide bonds. The van der Waals surface area contributed by atoms with Gasteiger partial charge in [0.25, 0.3) is 10.0 Å². The smallest absolute Gasteiger partial charge is 0.264 e. The van der Waals surface area contributed by atoms with Crippen LogP contribution in [0.4, 0.5) is 10.1 Å². The summed E-state index contributed by atoms with van der Waals surface area (Å²) >= 11 is 6.11. The molecule has 1 atom stereocenters. The van der Waals surface area contributed by atoms with Crippen molar-refractivity contribution in [2.45, 2.75) is 51.2 Å². The van der Waals surface area contributed by atoms with E-state index in [4.69, 9.17) is 11.6 Å². The van der Waals surface area contributed by atoms with E-state index < -0.39 is 40.2 Å². The van der Waals surface area contributed by atoms with E-state index in [0.29, 0.717) is 10.6 Å². The third-order valence-corrected chi connectivity index (χ3v) is 7.94. The van der Waals surface area contributed by atoms with E-state index in [1.54, 1.807) is 51.1 Å². The van der Waals surface area contributed by atoms with E-state index in [-0.39, 0.29) is 28.7 Å². The Labute approximate surface area is 228 Å². The molecule has 0 aliphatic rings. The molecule has 0 fully saturated rings. The van der Waals surface area contributed by atoms with Crippen LogP contribution in [0, 0.1) is 12.7 Å². The highest BCUT2D eigenvalue weighted by Gasteiger charge is 2.33. The molecule has 0 aliphatic heterocycles. The van der Waals surface area contributed by atoms with Gasteiger partial charge >= 0.3 is 0 Å². The quantitative estimate of drug-likeness (QED) is 0.382. The maximum absolute atomic E-state index is 14.6. The highest BCUT2D eigenvalue weighted by atomic mass is 35.5. The van der Waals surface area contributed by atoms with Crippen molar-refractivity contribution in [3.8, 4) is 0 Å². The fourth-order valence-corrected chi connectivity index (χ4v) is 5.66. The lowest BCUT2D eigenvalue weighted by Crippen LogP contribution is -2.52. The first-order valence-corrected chi connectivity index (χ1v) is 13.9. The van der Waals surface area contributed by atoms with E-state index in [9.17, 15) is 22.4 Å². The Bertz CT molecular complexity index is 1400. The van der Waals surface area contributed by atoms with Crippen LogP contribution in [0.25, 0.3) is 0 Å². The van der Waals surface area contributed by atoms with Gasteiger partial charge in [-0.2, -0.15) is 0 Å². The van der Waals surface area contributed by atoms with Crippen LogP contribution in [-0.4, -0.2) is 43.8 Å². The molecule has 0 radical (unpaired) electrons. The number of rotatable bonds is 10. The molecule has 0 saturated carbocycles. The lowest BCUT2D eigenvalue weighted by atomic mass is 10.1. The van der Waals surface area contributed by atoms with Crippen molar-refractivity contribution in [2.24, 2.45) is 0 Å². The van der Waals surface area contributed by atoms with E-state index in [1.807, 2.05) is 0 Å². The lowest BCUT2D eigenvalue weighted by molar-refractivity contribution is -0.139. The molecule has 202 valence electrons. The molecule has 0 unspecified atom stereocenters. The molecule has 0 spiro atoms. The average Bonchev–Trinajstić information content (AvgIpc) is 2.86. The summed E-state index contributed by atoms with van der Waals surface area (Å²) in [7, 11) is -4.20. The first kappa shape index (κ1) is 29.1. The van der Waals surface area contributed by atoms with Crippen molar-refractivity contribution < 1.29 is 22.4 Å². The Morgan fingerprint density at radius 1 is 0.974 bits per heavy atom. The van der Waals surface area contributed by atoms with Gasteiger partial charge in [0, 0.05) is 23.2 Å². The number of anilines is 1. The summed E-state index contributed by atoms with van der Waals surface area (Å²) in [5.41, 5.74) is 0.998. The maximum atomic E-state index is 14.6. The molecule has 0 heterocycles. The van der Waals surface area contributed by atoms with Gasteiger partial charge in [-0.15, -0.1) is 0 Å². The molecule has 3 rings (SSSR count). The molecule has 10 heteroatoms. The topological polar surface area (TPSA) is 86.8 Å². The van der Waals surface area contributed by atoms with Crippen LogP contribution < -0.4 is 9.62 Å². The number of hydrogen-bond acceptors (Lipinski definition) is 4. The first-order valence-electron chi connectivity index (χ1n) is 12.1. The fraction of sp³-hybridized carbons (Fsp3) is 0.286. The summed E-state index contributed by atoms with van der Waals surface area (Å²) in [4.78, 5) is 27.9. The molecular formula is C28H31ClFN3O4S. The van der Waals surface area contributed by atoms with Crippen LogP contribution in [0.5, 0.6) is 0 Å². The number of hydrogen-bond donors (Lipinski definition) is 1. The second kappa shape index (κ2) is 12.4. The molecule has 3 aromatic rings. The Kier molecular flexibility index (Phi) is 9.51. The van der Waals surface area contributed by atoms with Crippen molar-refractivity contribution in [1.82, 2.24) is 10.2 Å². The molecular weight excluding hydrogens is 529 g/mol. The monoisotopic (exact) mass is 559 g/mol. The number of aryl methyl sites for hydroxylation is 1. The minimum Gasteiger partial charge on any atom is -0.352 e. The maximum Gasteiger partial charge on any atom is 0.264 e.